The summed E-state index contributed by atoms with van der Waals surface area (Å²) in [7, 11) is 1.38. The quantitative estimate of drug-likeness (QED) is 0.643. The highest BCUT2D eigenvalue weighted by molar-refractivity contribution is 9.10. The predicted octanol–water partition coefficient (Wildman–Crippen LogP) is 2.92. The zero-order valence-electron chi connectivity index (χ0n) is 11.4. The Kier molecular flexibility index (Phi) is 5.94. The lowest BCUT2D eigenvalue weighted by molar-refractivity contribution is -0.150. The van der Waals surface area contributed by atoms with Gasteiger partial charge in [-0.15, -0.1) is 0 Å². The Balaban J connectivity index is 2.43. The molecule has 1 aromatic carbocycles. The third-order valence-electron chi connectivity index (χ3n) is 2.88. The first-order valence-electron chi connectivity index (χ1n) is 6.10. The number of benzene rings is 1. The molecule has 1 N–H and O–H groups in total. The molecule has 0 aromatic heterocycles. The summed E-state index contributed by atoms with van der Waals surface area (Å²) < 4.78 is 19.1. The van der Waals surface area contributed by atoms with Crippen LogP contribution in [0.4, 0.5) is 4.39 Å². The summed E-state index contributed by atoms with van der Waals surface area (Å²) in [4.78, 5) is 11.5. The van der Waals surface area contributed by atoms with Gasteiger partial charge in [0.15, 0.2) is 0 Å². The van der Waals surface area contributed by atoms with Gasteiger partial charge in [0.25, 0.3) is 0 Å². The van der Waals surface area contributed by atoms with E-state index in [9.17, 15) is 9.18 Å². The minimum atomic E-state index is -0.579. The number of carbonyl (C=O) groups excluding carboxylic acids is 1. The molecule has 5 heteroatoms. The van der Waals surface area contributed by atoms with Gasteiger partial charge in [0.05, 0.1) is 12.5 Å². The Hall–Kier alpha value is -0.940. The SMILES string of the molecule is COC(=O)C(C)(C)CNCCc1cc(Br)ccc1F. The van der Waals surface area contributed by atoms with E-state index in [0.717, 1.165) is 4.47 Å². The van der Waals surface area contributed by atoms with Gasteiger partial charge in [-0.3, -0.25) is 4.79 Å². The molecule has 106 valence electrons. The Morgan fingerprint density at radius 1 is 1.47 bits per heavy atom. The molecule has 0 saturated heterocycles. The number of halogens is 2. The molecule has 0 spiro atoms. The van der Waals surface area contributed by atoms with Gasteiger partial charge in [-0.2, -0.15) is 0 Å². The Bertz CT molecular complexity index is 449. The van der Waals surface area contributed by atoms with Crippen LogP contribution in [0.25, 0.3) is 0 Å². The maximum absolute atomic E-state index is 13.5. The van der Waals surface area contributed by atoms with E-state index in [4.69, 9.17) is 4.74 Å². The second kappa shape index (κ2) is 7.01. The Morgan fingerprint density at radius 2 is 2.16 bits per heavy atom. The van der Waals surface area contributed by atoms with Crippen LogP contribution in [0.15, 0.2) is 22.7 Å². The smallest absolute Gasteiger partial charge is 0.312 e. The molecule has 0 saturated carbocycles. The van der Waals surface area contributed by atoms with Gasteiger partial charge >= 0.3 is 5.97 Å². The standard InChI is InChI=1S/C14H19BrFNO2/c1-14(2,13(18)19-3)9-17-7-6-10-8-11(15)4-5-12(10)16/h4-5,8,17H,6-7,9H2,1-3H3. The lowest BCUT2D eigenvalue weighted by Gasteiger charge is -2.21. The number of hydrogen-bond acceptors (Lipinski definition) is 3. The summed E-state index contributed by atoms with van der Waals surface area (Å²) in [5.41, 5.74) is 0.0719. The summed E-state index contributed by atoms with van der Waals surface area (Å²) in [6.45, 7) is 4.72. The maximum atomic E-state index is 13.5. The van der Waals surface area contributed by atoms with Crippen molar-refractivity contribution >= 4 is 21.9 Å². The van der Waals surface area contributed by atoms with E-state index in [2.05, 4.69) is 21.2 Å². The average molecular weight is 332 g/mol. The largest absolute Gasteiger partial charge is 0.469 e. The second-order valence-corrected chi connectivity index (χ2v) is 5.95. The van der Waals surface area contributed by atoms with Crippen LogP contribution in [0.3, 0.4) is 0 Å². The van der Waals surface area contributed by atoms with Gasteiger partial charge < -0.3 is 10.1 Å². The van der Waals surface area contributed by atoms with Crippen molar-refractivity contribution in [2.45, 2.75) is 20.3 Å². The molecule has 0 aliphatic carbocycles. The van der Waals surface area contributed by atoms with E-state index < -0.39 is 5.41 Å². The number of rotatable bonds is 6. The van der Waals surface area contributed by atoms with Crippen LogP contribution in [0.1, 0.15) is 19.4 Å². The summed E-state index contributed by atoms with van der Waals surface area (Å²) in [6.07, 6.45) is 0.572. The summed E-state index contributed by atoms with van der Waals surface area (Å²) in [5.74, 6) is -0.467. The van der Waals surface area contributed by atoms with Crippen molar-refractivity contribution in [3.8, 4) is 0 Å². The molecule has 0 fully saturated rings. The fourth-order valence-corrected chi connectivity index (χ4v) is 2.12. The van der Waals surface area contributed by atoms with Gasteiger partial charge in [-0.05, 0) is 50.6 Å². The number of methoxy groups -OCH3 is 1. The van der Waals surface area contributed by atoms with Crippen molar-refractivity contribution in [2.75, 3.05) is 20.2 Å². The predicted molar refractivity (Wildman–Crippen MR) is 76.5 cm³/mol. The Morgan fingerprint density at radius 3 is 2.79 bits per heavy atom. The van der Waals surface area contributed by atoms with E-state index >= 15 is 0 Å². The van der Waals surface area contributed by atoms with Gasteiger partial charge in [-0.1, -0.05) is 15.9 Å². The van der Waals surface area contributed by atoms with Gasteiger partial charge in [0.1, 0.15) is 5.82 Å². The van der Waals surface area contributed by atoms with Gasteiger partial charge in [0.2, 0.25) is 0 Å². The zero-order valence-corrected chi connectivity index (χ0v) is 13.0. The fourth-order valence-electron chi connectivity index (χ4n) is 1.71. The van der Waals surface area contributed by atoms with E-state index in [0.29, 0.717) is 25.1 Å². The molecule has 0 radical (unpaired) electrons. The number of hydrogen-bond donors (Lipinski definition) is 1. The number of ether oxygens (including phenoxy) is 1. The lowest BCUT2D eigenvalue weighted by atomic mass is 9.94. The minimum Gasteiger partial charge on any atom is -0.469 e. The molecule has 1 rings (SSSR count). The zero-order chi connectivity index (χ0) is 14.5. The molecule has 0 amide bonds. The van der Waals surface area contributed by atoms with E-state index in [1.807, 2.05) is 13.8 Å². The summed E-state index contributed by atoms with van der Waals surface area (Å²) >= 11 is 3.32. The molecule has 0 aliphatic heterocycles. The molecule has 0 atom stereocenters. The van der Waals surface area contributed by atoms with Gasteiger partial charge in [0, 0.05) is 11.0 Å². The summed E-state index contributed by atoms with van der Waals surface area (Å²) in [5, 5.41) is 3.15. The first-order chi connectivity index (χ1) is 8.86. The first-order valence-corrected chi connectivity index (χ1v) is 6.89. The molecule has 0 unspecified atom stereocenters. The molecular weight excluding hydrogens is 313 g/mol. The normalized spacial score (nSPS) is 11.4. The van der Waals surface area contributed by atoms with Crippen molar-refractivity contribution in [3.63, 3.8) is 0 Å². The van der Waals surface area contributed by atoms with Gasteiger partial charge in [-0.25, -0.2) is 4.39 Å². The number of esters is 1. The van der Waals surface area contributed by atoms with Crippen LogP contribution >= 0.6 is 15.9 Å². The Labute approximate surface area is 121 Å². The van der Waals surface area contributed by atoms with Crippen molar-refractivity contribution in [1.29, 1.82) is 0 Å². The van der Waals surface area contributed by atoms with Crippen LogP contribution in [-0.4, -0.2) is 26.2 Å². The monoisotopic (exact) mass is 331 g/mol. The molecule has 19 heavy (non-hydrogen) atoms. The van der Waals surface area contributed by atoms with Crippen molar-refractivity contribution in [3.05, 3.63) is 34.1 Å². The lowest BCUT2D eigenvalue weighted by Crippen LogP contribution is -2.37. The van der Waals surface area contributed by atoms with E-state index in [1.54, 1.807) is 12.1 Å². The van der Waals surface area contributed by atoms with Crippen LogP contribution in [0, 0.1) is 11.2 Å². The van der Waals surface area contributed by atoms with Crippen molar-refractivity contribution in [2.24, 2.45) is 5.41 Å². The third kappa shape index (κ3) is 4.91. The minimum absolute atomic E-state index is 0.211. The van der Waals surface area contributed by atoms with Crippen LogP contribution in [0.2, 0.25) is 0 Å². The van der Waals surface area contributed by atoms with Crippen molar-refractivity contribution < 1.29 is 13.9 Å². The highest BCUT2D eigenvalue weighted by Gasteiger charge is 2.27. The number of nitrogens with one attached hydrogen (secondary N) is 1. The molecule has 0 heterocycles. The average Bonchev–Trinajstić information content (AvgIpc) is 2.37. The topological polar surface area (TPSA) is 38.3 Å². The number of carbonyl (C=O) groups is 1. The molecular formula is C14H19BrFNO2. The van der Waals surface area contributed by atoms with E-state index in [-0.39, 0.29) is 11.8 Å². The van der Waals surface area contributed by atoms with Crippen LogP contribution in [-0.2, 0) is 16.0 Å². The summed E-state index contributed by atoms with van der Waals surface area (Å²) in [6, 6.07) is 4.88. The fraction of sp³-hybridized carbons (Fsp3) is 0.500. The third-order valence-corrected chi connectivity index (χ3v) is 3.38. The van der Waals surface area contributed by atoms with Crippen LogP contribution in [0.5, 0.6) is 0 Å². The highest BCUT2D eigenvalue weighted by Crippen LogP contribution is 2.17. The highest BCUT2D eigenvalue weighted by atomic mass is 79.9. The van der Waals surface area contributed by atoms with E-state index in [1.165, 1.54) is 13.2 Å². The molecule has 0 bridgehead atoms. The maximum Gasteiger partial charge on any atom is 0.312 e. The second-order valence-electron chi connectivity index (χ2n) is 5.04. The molecule has 0 aliphatic rings. The van der Waals surface area contributed by atoms with Crippen molar-refractivity contribution in [1.82, 2.24) is 5.32 Å². The molecule has 1 aromatic rings. The molecule has 3 nitrogen and oxygen atoms in total. The van der Waals surface area contributed by atoms with Crippen LogP contribution < -0.4 is 5.32 Å². The first kappa shape index (κ1) is 16.1.